The Morgan fingerprint density at radius 3 is 1.76 bits per heavy atom. The Hall–Kier alpha value is -4.78. The van der Waals surface area contributed by atoms with Gasteiger partial charge in [-0.2, -0.15) is 17.6 Å². The summed E-state index contributed by atoms with van der Waals surface area (Å²) in [4.78, 5) is 117. The van der Waals surface area contributed by atoms with Crippen molar-refractivity contribution in [3.8, 4) is 0 Å². The molecule has 0 aliphatic carbocycles. The molecule has 0 unspecified atom stereocenters. The summed E-state index contributed by atoms with van der Waals surface area (Å²) in [5.74, 6) is -2.50. The Labute approximate surface area is 354 Å². The van der Waals surface area contributed by atoms with Gasteiger partial charge in [0.1, 0.15) is 5.78 Å². The molecule has 4 amide bonds. The van der Waals surface area contributed by atoms with Gasteiger partial charge in [-0.05, 0) is 43.2 Å². The van der Waals surface area contributed by atoms with Gasteiger partial charge in [-0.15, -0.1) is 5.06 Å². The third-order valence-electron chi connectivity index (χ3n) is 9.55. The molecule has 0 atom stereocenters. The summed E-state index contributed by atoms with van der Waals surface area (Å²) >= 11 is 0. The number of carbonyl (C=O) groups excluding carboxylic acids is 6. The molecule has 17 nitrogen and oxygen atoms in total. The Morgan fingerprint density at radius 2 is 1.23 bits per heavy atom. The average Bonchev–Trinajstić information content (AvgIpc) is 3.50. The molecule has 6 N–H and O–H groups in total. The second kappa shape index (κ2) is 23.1. The molecule has 0 bridgehead atoms. The number of hydroxylamine groups is 2. The largest absolute Gasteiger partial charge is 0.399 e. The minimum absolute atomic E-state index is 0.00659. The van der Waals surface area contributed by atoms with Crippen molar-refractivity contribution >= 4 is 50.6 Å². The van der Waals surface area contributed by atoms with E-state index in [0.29, 0.717) is 43.5 Å². The SMILES string of the molecule is C=C1CCC(=O)N1OC(=O)CCCCCNC(=O)CCCC(=O)N(CCCC(=O)Cc1ccc(C(F)(F)P(=O)(O)O)cc1)CCNC(=O)Cc1ccc(C(F)(F)P(=O)(O)O)cc1. The fourth-order valence-corrected chi connectivity index (χ4v) is 7.02. The Bertz CT molecular complexity index is 1910. The van der Waals surface area contributed by atoms with Gasteiger partial charge in [0, 0.05) is 75.8 Å². The predicted octanol–water partition coefficient (Wildman–Crippen LogP) is 4.66. The molecule has 3 rings (SSSR count). The van der Waals surface area contributed by atoms with Gasteiger partial charge in [0.25, 0.3) is 5.91 Å². The summed E-state index contributed by atoms with van der Waals surface area (Å²) in [6.45, 7) is 3.95. The number of unbranched alkanes of at least 4 members (excludes halogenated alkanes) is 2. The maximum Gasteiger partial charge on any atom is 0.399 e. The molecule has 1 saturated heterocycles. The lowest BCUT2D eigenvalue weighted by atomic mass is 10.0. The summed E-state index contributed by atoms with van der Waals surface area (Å²) in [6, 6.07) is 7.75. The molecule has 23 heteroatoms. The van der Waals surface area contributed by atoms with Crippen molar-refractivity contribution in [2.75, 3.05) is 26.2 Å². The van der Waals surface area contributed by atoms with Gasteiger partial charge in [-0.3, -0.25) is 33.1 Å². The van der Waals surface area contributed by atoms with Crippen molar-refractivity contribution in [3.05, 3.63) is 83.1 Å². The number of hydrogen-bond donors (Lipinski definition) is 6. The monoisotopic (exact) mass is 920 g/mol. The maximum absolute atomic E-state index is 14.0. The van der Waals surface area contributed by atoms with Crippen LogP contribution in [0, 0.1) is 0 Å². The number of alkyl halides is 4. The van der Waals surface area contributed by atoms with E-state index in [9.17, 15) is 55.5 Å². The molecule has 0 aromatic heterocycles. The number of halogens is 4. The highest BCUT2D eigenvalue weighted by Crippen LogP contribution is 2.60. The van der Waals surface area contributed by atoms with E-state index in [2.05, 4.69) is 17.2 Å². The van der Waals surface area contributed by atoms with Gasteiger partial charge >= 0.3 is 32.5 Å². The zero-order valence-corrected chi connectivity index (χ0v) is 35.4. The minimum atomic E-state index is -5.79. The summed E-state index contributed by atoms with van der Waals surface area (Å²) in [6.07, 6.45) is 2.06. The molecule has 0 radical (unpaired) electrons. The van der Waals surface area contributed by atoms with Crippen LogP contribution >= 0.6 is 15.2 Å². The van der Waals surface area contributed by atoms with Gasteiger partial charge in [0.15, 0.2) is 0 Å². The van der Waals surface area contributed by atoms with E-state index >= 15 is 0 Å². The fourth-order valence-electron chi connectivity index (χ4n) is 6.04. The second-order valence-electron chi connectivity index (χ2n) is 14.5. The van der Waals surface area contributed by atoms with E-state index in [1.807, 2.05) is 0 Å². The van der Waals surface area contributed by atoms with Crippen LogP contribution < -0.4 is 10.6 Å². The Kier molecular flexibility index (Phi) is 19.2. The van der Waals surface area contributed by atoms with Gasteiger partial charge in [0.2, 0.25) is 17.7 Å². The molecule has 1 fully saturated rings. The number of allylic oxidation sites excluding steroid dienone is 1. The average molecular weight is 921 g/mol. The molecule has 1 aliphatic rings. The Morgan fingerprint density at radius 1 is 0.677 bits per heavy atom. The molecular formula is C39H50F4N4O13P2. The lowest BCUT2D eigenvalue weighted by Gasteiger charge is -2.23. The number of carbonyl (C=O) groups is 6. The predicted molar refractivity (Wildman–Crippen MR) is 213 cm³/mol. The van der Waals surface area contributed by atoms with Crippen LogP contribution in [-0.4, -0.2) is 91.1 Å². The van der Waals surface area contributed by atoms with Crippen LogP contribution in [0.3, 0.4) is 0 Å². The van der Waals surface area contributed by atoms with Crippen LogP contribution in [-0.2, 0) is 66.9 Å². The van der Waals surface area contributed by atoms with Crippen molar-refractivity contribution in [2.45, 2.75) is 94.8 Å². The van der Waals surface area contributed by atoms with Gasteiger partial charge < -0.3 is 39.9 Å². The van der Waals surface area contributed by atoms with Crippen LogP contribution in [0.5, 0.6) is 0 Å². The van der Waals surface area contributed by atoms with Crippen LogP contribution in [0.15, 0.2) is 60.8 Å². The zero-order chi connectivity index (χ0) is 46.3. The molecular weight excluding hydrogens is 870 g/mol. The summed E-state index contributed by atoms with van der Waals surface area (Å²) in [5.41, 5.74) is -9.70. The summed E-state index contributed by atoms with van der Waals surface area (Å²) < 4.78 is 78.3. The first-order valence-corrected chi connectivity index (χ1v) is 22.7. The van der Waals surface area contributed by atoms with Crippen molar-refractivity contribution in [1.29, 1.82) is 0 Å². The van der Waals surface area contributed by atoms with Crippen molar-refractivity contribution in [2.24, 2.45) is 0 Å². The molecule has 62 heavy (non-hydrogen) atoms. The number of nitrogens with one attached hydrogen (secondary N) is 2. The molecule has 1 heterocycles. The van der Waals surface area contributed by atoms with E-state index in [0.717, 1.165) is 53.6 Å². The molecule has 0 spiro atoms. The normalized spacial score (nSPS) is 13.5. The van der Waals surface area contributed by atoms with Crippen molar-refractivity contribution in [3.63, 3.8) is 0 Å². The van der Waals surface area contributed by atoms with E-state index in [1.54, 1.807) is 0 Å². The smallest absolute Gasteiger partial charge is 0.356 e. The first-order valence-electron chi connectivity index (χ1n) is 19.5. The van der Waals surface area contributed by atoms with Crippen LogP contribution in [0.4, 0.5) is 17.6 Å². The van der Waals surface area contributed by atoms with E-state index in [-0.39, 0.29) is 101 Å². The minimum Gasteiger partial charge on any atom is -0.356 e. The fraction of sp³-hybridized carbons (Fsp3) is 0.487. The number of rotatable bonds is 26. The topological polar surface area (TPSA) is 257 Å². The maximum atomic E-state index is 14.0. The summed E-state index contributed by atoms with van der Waals surface area (Å²) in [7, 11) is -11.6. The van der Waals surface area contributed by atoms with E-state index < -0.39 is 55.4 Å². The van der Waals surface area contributed by atoms with Crippen LogP contribution in [0.25, 0.3) is 0 Å². The lowest BCUT2D eigenvalue weighted by molar-refractivity contribution is -0.186. The quantitative estimate of drug-likeness (QED) is 0.0427. The number of ketones is 1. The highest BCUT2D eigenvalue weighted by molar-refractivity contribution is 7.52. The molecule has 1 aliphatic heterocycles. The van der Waals surface area contributed by atoms with Crippen molar-refractivity contribution < 1.29 is 79.9 Å². The third-order valence-corrected chi connectivity index (χ3v) is 11.5. The highest BCUT2D eigenvalue weighted by Gasteiger charge is 2.51. The summed E-state index contributed by atoms with van der Waals surface area (Å²) in [5, 5.41) is 6.25. The van der Waals surface area contributed by atoms with Gasteiger partial charge in [-0.25, -0.2) is 4.79 Å². The number of nitrogens with zero attached hydrogens (tertiary/aromatic N) is 2. The third kappa shape index (κ3) is 15.8. The molecule has 0 saturated carbocycles. The van der Waals surface area contributed by atoms with Crippen LogP contribution in [0.2, 0.25) is 0 Å². The van der Waals surface area contributed by atoms with Gasteiger partial charge in [-0.1, -0.05) is 61.5 Å². The molecule has 2 aromatic rings. The Balaban J connectivity index is 1.47. The second-order valence-corrected chi connectivity index (χ2v) is 17.8. The number of hydrogen-bond acceptors (Lipinski definition) is 9. The van der Waals surface area contributed by atoms with E-state index in [1.165, 1.54) is 4.90 Å². The van der Waals surface area contributed by atoms with E-state index in [4.69, 9.17) is 24.4 Å². The number of Topliss-reactive ketones (excluding diaryl/α,β-unsaturated/α-hetero) is 1. The first kappa shape index (κ1) is 51.6. The van der Waals surface area contributed by atoms with Gasteiger partial charge in [0.05, 0.1) is 12.1 Å². The zero-order valence-electron chi connectivity index (χ0n) is 33.6. The lowest BCUT2D eigenvalue weighted by Crippen LogP contribution is -2.39. The molecule has 2 aromatic carbocycles. The first-order chi connectivity index (χ1) is 28.9. The highest BCUT2D eigenvalue weighted by atomic mass is 31.2. The molecule has 342 valence electrons. The number of amides is 4. The standard InChI is InChI=1S/C39H50F4N4O13P2/c1-27-11-20-36(52)47(27)60-37(53)10-3-2-4-21-44-33(49)8-5-9-35(51)46(23-6-7-32(48)25-28-12-16-30(17-13-28)38(40,41)61(54,55)56)24-22-45-34(50)26-29-14-18-31(19-15-29)39(42,43)62(57,58)59/h12-19H,1-11,20-26H2,(H,44,49)(H,45,50)(H2,54,55,56)(H2,57,58,59). The number of benzene rings is 2. The van der Waals surface area contributed by atoms with Crippen molar-refractivity contribution in [1.82, 2.24) is 20.6 Å². The van der Waals surface area contributed by atoms with Crippen LogP contribution in [0.1, 0.15) is 92.9 Å².